The van der Waals surface area contributed by atoms with Crippen LogP contribution in [-0.2, 0) is 10.0 Å². The predicted octanol–water partition coefficient (Wildman–Crippen LogP) is 2.18. The van der Waals surface area contributed by atoms with E-state index in [0.717, 1.165) is 12.8 Å². The second kappa shape index (κ2) is 8.57. The second-order valence-corrected chi connectivity index (χ2v) is 8.78. The number of halogens is 3. The number of guanidine groups is 1. The van der Waals surface area contributed by atoms with Crippen molar-refractivity contribution < 1.29 is 21.6 Å². The standard InChI is InChI=1S/C15H27F3N4O2S/c16-15(17,18)25(23,24)22-9-7-12(8-10-22)11-20-14(19)21-13-5-3-1-2-4-6-13/h12-13H,1-11H2,(H3,19,20,21). The van der Waals surface area contributed by atoms with Crippen molar-refractivity contribution >= 4 is 16.0 Å². The van der Waals surface area contributed by atoms with Gasteiger partial charge in [0.25, 0.3) is 0 Å². The van der Waals surface area contributed by atoms with Crippen LogP contribution < -0.4 is 11.1 Å². The number of nitrogens with two attached hydrogens (primary N) is 1. The molecule has 146 valence electrons. The molecular weight excluding hydrogens is 357 g/mol. The molecule has 1 saturated heterocycles. The molecule has 1 saturated carbocycles. The molecule has 3 N–H and O–H groups in total. The summed E-state index contributed by atoms with van der Waals surface area (Å²) in [7, 11) is -5.22. The zero-order valence-corrected chi connectivity index (χ0v) is 15.1. The van der Waals surface area contributed by atoms with Crippen LogP contribution in [0.25, 0.3) is 0 Å². The van der Waals surface area contributed by atoms with Crippen molar-refractivity contribution in [2.75, 3.05) is 19.6 Å². The highest BCUT2D eigenvalue weighted by molar-refractivity contribution is 7.90. The average molecular weight is 384 g/mol. The number of sulfonamides is 1. The summed E-state index contributed by atoms with van der Waals surface area (Å²) in [4.78, 5) is 4.30. The fourth-order valence-electron chi connectivity index (χ4n) is 3.38. The van der Waals surface area contributed by atoms with E-state index in [-0.39, 0.29) is 19.0 Å². The minimum absolute atomic E-state index is 0.0502. The summed E-state index contributed by atoms with van der Waals surface area (Å²) in [6.45, 7) is 0.154. The lowest BCUT2D eigenvalue weighted by molar-refractivity contribution is -0.0496. The van der Waals surface area contributed by atoms with Crippen LogP contribution >= 0.6 is 0 Å². The van der Waals surface area contributed by atoms with Crippen LogP contribution in [-0.4, -0.2) is 49.9 Å². The highest BCUT2D eigenvalue weighted by atomic mass is 32.2. The van der Waals surface area contributed by atoms with Gasteiger partial charge in [-0.25, -0.2) is 8.42 Å². The van der Waals surface area contributed by atoms with E-state index in [1.54, 1.807) is 0 Å². The van der Waals surface area contributed by atoms with E-state index in [2.05, 4.69) is 10.3 Å². The molecule has 2 aliphatic rings. The number of nitrogens with one attached hydrogen (secondary N) is 1. The zero-order chi connectivity index (χ0) is 18.5. The average Bonchev–Trinajstić information content (AvgIpc) is 2.81. The van der Waals surface area contributed by atoms with E-state index in [0.29, 0.717) is 35.7 Å². The first-order valence-corrected chi connectivity index (χ1v) is 10.3. The van der Waals surface area contributed by atoms with Crippen LogP contribution in [0.4, 0.5) is 13.2 Å². The third kappa shape index (κ3) is 5.73. The van der Waals surface area contributed by atoms with Gasteiger partial charge < -0.3 is 11.1 Å². The Hall–Kier alpha value is -1.03. The summed E-state index contributed by atoms with van der Waals surface area (Å²) < 4.78 is 60.9. The molecule has 2 fully saturated rings. The predicted molar refractivity (Wildman–Crippen MR) is 90.4 cm³/mol. The van der Waals surface area contributed by atoms with Gasteiger partial charge in [-0.1, -0.05) is 25.7 Å². The fraction of sp³-hybridized carbons (Fsp3) is 0.933. The summed E-state index contributed by atoms with van der Waals surface area (Å²) in [6.07, 6.45) is 7.70. The molecule has 0 atom stereocenters. The molecule has 0 aromatic rings. The Bertz CT molecular complexity index is 550. The quantitative estimate of drug-likeness (QED) is 0.442. The monoisotopic (exact) mass is 384 g/mol. The van der Waals surface area contributed by atoms with E-state index >= 15 is 0 Å². The van der Waals surface area contributed by atoms with E-state index in [9.17, 15) is 21.6 Å². The van der Waals surface area contributed by atoms with Gasteiger partial charge in [-0.3, -0.25) is 4.99 Å². The maximum Gasteiger partial charge on any atom is 0.511 e. The van der Waals surface area contributed by atoms with Crippen molar-refractivity contribution in [3.05, 3.63) is 0 Å². The van der Waals surface area contributed by atoms with E-state index in [1.807, 2.05) is 0 Å². The van der Waals surface area contributed by atoms with Gasteiger partial charge >= 0.3 is 15.5 Å². The first kappa shape index (κ1) is 20.3. The summed E-state index contributed by atoms with van der Waals surface area (Å²) in [5.41, 5.74) is 0.679. The van der Waals surface area contributed by atoms with Gasteiger partial charge in [-0.15, -0.1) is 0 Å². The van der Waals surface area contributed by atoms with Crippen molar-refractivity contribution in [1.29, 1.82) is 0 Å². The highest BCUT2D eigenvalue weighted by Gasteiger charge is 2.50. The molecule has 1 heterocycles. The van der Waals surface area contributed by atoms with Crippen LogP contribution in [0.3, 0.4) is 0 Å². The van der Waals surface area contributed by atoms with Crippen LogP contribution in [0.15, 0.2) is 4.99 Å². The molecule has 0 unspecified atom stereocenters. The molecule has 10 heteroatoms. The van der Waals surface area contributed by atoms with Crippen molar-refractivity contribution in [2.24, 2.45) is 16.6 Å². The normalized spacial score (nSPS) is 23.4. The minimum Gasteiger partial charge on any atom is -0.370 e. The van der Waals surface area contributed by atoms with E-state index in [4.69, 9.17) is 5.73 Å². The molecule has 1 aliphatic carbocycles. The molecule has 0 aromatic carbocycles. The van der Waals surface area contributed by atoms with Crippen molar-refractivity contribution in [1.82, 2.24) is 9.62 Å². The lowest BCUT2D eigenvalue weighted by atomic mass is 9.98. The Morgan fingerprint density at radius 1 is 1.08 bits per heavy atom. The van der Waals surface area contributed by atoms with Crippen molar-refractivity contribution in [2.45, 2.75) is 62.9 Å². The maximum absolute atomic E-state index is 12.5. The zero-order valence-electron chi connectivity index (χ0n) is 14.3. The Labute approximate surface area is 147 Å². The molecule has 0 aromatic heterocycles. The van der Waals surface area contributed by atoms with Gasteiger partial charge in [-0.2, -0.15) is 17.5 Å². The molecule has 0 amide bonds. The van der Waals surface area contributed by atoms with Crippen molar-refractivity contribution in [3.8, 4) is 0 Å². The lowest BCUT2D eigenvalue weighted by Crippen LogP contribution is -2.45. The molecule has 2 rings (SSSR count). The number of aliphatic imine (C=N–C) groups is 1. The first-order valence-electron chi connectivity index (χ1n) is 8.83. The van der Waals surface area contributed by atoms with E-state index in [1.165, 1.54) is 25.7 Å². The highest BCUT2D eigenvalue weighted by Crippen LogP contribution is 2.30. The number of piperidine rings is 1. The Morgan fingerprint density at radius 3 is 2.16 bits per heavy atom. The molecule has 0 radical (unpaired) electrons. The first-order chi connectivity index (χ1) is 11.7. The Morgan fingerprint density at radius 2 is 1.64 bits per heavy atom. The third-order valence-corrected chi connectivity index (χ3v) is 6.56. The summed E-state index contributed by atoms with van der Waals surface area (Å²) >= 11 is 0. The van der Waals surface area contributed by atoms with Crippen LogP contribution in [0, 0.1) is 5.92 Å². The van der Waals surface area contributed by atoms with E-state index < -0.39 is 15.5 Å². The van der Waals surface area contributed by atoms with Crippen molar-refractivity contribution in [3.63, 3.8) is 0 Å². The summed E-state index contributed by atoms with van der Waals surface area (Å²) in [5.74, 6) is 0.423. The van der Waals surface area contributed by atoms with Gasteiger partial charge in [0.15, 0.2) is 5.96 Å². The van der Waals surface area contributed by atoms with Gasteiger partial charge in [0.2, 0.25) is 0 Å². The molecule has 6 nitrogen and oxygen atoms in total. The summed E-state index contributed by atoms with van der Waals surface area (Å²) in [5, 5.41) is 3.22. The topological polar surface area (TPSA) is 87.8 Å². The number of hydrogen-bond acceptors (Lipinski definition) is 3. The minimum atomic E-state index is -5.23. The van der Waals surface area contributed by atoms with Crippen LogP contribution in [0.5, 0.6) is 0 Å². The van der Waals surface area contributed by atoms with Gasteiger partial charge in [-0.05, 0) is 31.6 Å². The smallest absolute Gasteiger partial charge is 0.370 e. The lowest BCUT2D eigenvalue weighted by Gasteiger charge is -2.30. The fourth-order valence-corrected chi connectivity index (χ4v) is 4.37. The Balaban J connectivity index is 1.77. The van der Waals surface area contributed by atoms with Gasteiger partial charge in [0.1, 0.15) is 0 Å². The number of hydrogen-bond donors (Lipinski definition) is 2. The Kier molecular flexibility index (Phi) is 6.95. The van der Waals surface area contributed by atoms with Crippen LogP contribution in [0.1, 0.15) is 51.4 Å². The number of nitrogens with zero attached hydrogens (tertiary/aromatic N) is 2. The molecule has 0 bridgehead atoms. The number of alkyl halides is 3. The molecule has 0 spiro atoms. The second-order valence-electron chi connectivity index (χ2n) is 6.85. The molecule has 1 aliphatic heterocycles. The third-order valence-electron chi connectivity index (χ3n) is 4.93. The number of rotatable bonds is 4. The van der Waals surface area contributed by atoms with Crippen LogP contribution in [0.2, 0.25) is 0 Å². The van der Waals surface area contributed by atoms with Gasteiger partial charge in [0, 0.05) is 25.7 Å². The summed E-state index contributed by atoms with van der Waals surface area (Å²) in [6, 6.07) is 0.338. The largest absolute Gasteiger partial charge is 0.511 e. The molecule has 25 heavy (non-hydrogen) atoms. The van der Waals surface area contributed by atoms with Gasteiger partial charge in [0.05, 0.1) is 0 Å². The maximum atomic E-state index is 12.5. The molecular formula is C15H27F3N4O2S. The SMILES string of the molecule is NC(=NCC1CCN(S(=O)(=O)C(F)(F)F)CC1)NC1CCCCCC1.